The molecular weight excluding hydrogens is 294 g/mol. The second-order valence-corrected chi connectivity index (χ2v) is 4.91. The Balaban J connectivity index is 2.74. The summed E-state index contributed by atoms with van der Waals surface area (Å²) in [5, 5.41) is 3.42. The van der Waals surface area contributed by atoms with Crippen LogP contribution in [-0.4, -0.2) is 20.3 Å². The Morgan fingerprint density at radius 2 is 2.00 bits per heavy atom. The smallest absolute Gasteiger partial charge is 0.161 e. The molecule has 0 radical (unpaired) electrons. The fourth-order valence-corrected chi connectivity index (χ4v) is 2.13. The Morgan fingerprint density at radius 1 is 1.22 bits per heavy atom. The third-order valence-corrected chi connectivity index (χ3v) is 3.39. The molecule has 1 rings (SSSR count). The molecule has 1 aromatic carbocycles. The molecule has 0 bridgehead atoms. The SMILES string of the molecule is CCCCNCc1cc(OCC)c(OC)cc1Br. The molecule has 0 spiro atoms. The molecule has 18 heavy (non-hydrogen) atoms. The average molecular weight is 316 g/mol. The molecule has 0 heterocycles. The fraction of sp³-hybridized carbons (Fsp3) is 0.571. The number of nitrogens with one attached hydrogen (secondary N) is 1. The van der Waals surface area contributed by atoms with Crippen molar-refractivity contribution in [1.29, 1.82) is 0 Å². The number of unbranched alkanes of at least 4 members (excludes halogenated alkanes) is 1. The second-order valence-electron chi connectivity index (χ2n) is 4.06. The molecule has 0 atom stereocenters. The van der Waals surface area contributed by atoms with E-state index in [2.05, 4.69) is 28.2 Å². The number of halogens is 1. The number of hydrogen-bond donors (Lipinski definition) is 1. The lowest BCUT2D eigenvalue weighted by Crippen LogP contribution is -2.15. The molecule has 0 aromatic heterocycles. The molecule has 4 heteroatoms. The lowest BCUT2D eigenvalue weighted by Gasteiger charge is -2.13. The third kappa shape index (κ3) is 4.50. The number of benzene rings is 1. The molecule has 0 saturated heterocycles. The zero-order chi connectivity index (χ0) is 13.4. The van der Waals surface area contributed by atoms with Crippen molar-refractivity contribution in [2.45, 2.75) is 33.2 Å². The van der Waals surface area contributed by atoms with Crippen LogP contribution in [0.15, 0.2) is 16.6 Å². The largest absolute Gasteiger partial charge is 0.493 e. The van der Waals surface area contributed by atoms with Crippen LogP contribution in [0, 0.1) is 0 Å². The van der Waals surface area contributed by atoms with E-state index < -0.39 is 0 Å². The van der Waals surface area contributed by atoms with Crippen molar-refractivity contribution in [3.63, 3.8) is 0 Å². The minimum Gasteiger partial charge on any atom is -0.493 e. The maximum Gasteiger partial charge on any atom is 0.161 e. The van der Waals surface area contributed by atoms with E-state index in [1.807, 2.05) is 19.1 Å². The first-order valence-electron chi connectivity index (χ1n) is 6.42. The van der Waals surface area contributed by atoms with Crippen LogP contribution in [0.5, 0.6) is 11.5 Å². The van der Waals surface area contributed by atoms with E-state index in [1.165, 1.54) is 18.4 Å². The van der Waals surface area contributed by atoms with Crippen LogP contribution >= 0.6 is 15.9 Å². The van der Waals surface area contributed by atoms with Gasteiger partial charge in [0, 0.05) is 11.0 Å². The van der Waals surface area contributed by atoms with Crippen molar-refractivity contribution in [2.75, 3.05) is 20.3 Å². The van der Waals surface area contributed by atoms with Gasteiger partial charge in [0.1, 0.15) is 0 Å². The van der Waals surface area contributed by atoms with Crippen LogP contribution in [-0.2, 0) is 6.54 Å². The quantitative estimate of drug-likeness (QED) is 0.741. The summed E-state index contributed by atoms with van der Waals surface area (Å²) in [6.45, 7) is 6.68. The van der Waals surface area contributed by atoms with Gasteiger partial charge in [0.15, 0.2) is 11.5 Å². The third-order valence-electron chi connectivity index (χ3n) is 2.66. The van der Waals surface area contributed by atoms with E-state index in [1.54, 1.807) is 7.11 Å². The zero-order valence-corrected chi connectivity index (χ0v) is 13.0. The van der Waals surface area contributed by atoms with Gasteiger partial charge in [-0.05, 0) is 37.6 Å². The normalized spacial score (nSPS) is 10.4. The molecule has 0 aliphatic carbocycles. The summed E-state index contributed by atoms with van der Waals surface area (Å²) in [6.07, 6.45) is 2.41. The highest BCUT2D eigenvalue weighted by molar-refractivity contribution is 9.10. The summed E-state index contributed by atoms with van der Waals surface area (Å²) >= 11 is 3.57. The average Bonchev–Trinajstić information content (AvgIpc) is 2.37. The van der Waals surface area contributed by atoms with Gasteiger partial charge in [-0.15, -0.1) is 0 Å². The summed E-state index contributed by atoms with van der Waals surface area (Å²) in [5.41, 5.74) is 1.19. The summed E-state index contributed by atoms with van der Waals surface area (Å²) in [7, 11) is 1.66. The first-order valence-corrected chi connectivity index (χ1v) is 7.22. The zero-order valence-electron chi connectivity index (χ0n) is 11.4. The topological polar surface area (TPSA) is 30.5 Å². The van der Waals surface area contributed by atoms with Gasteiger partial charge in [0.2, 0.25) is 0 Å². The van der Waals surface area contributed by atoms with Crippen molar-refractivity contribution in [3.05, 3.63) is 22.2 Å². The van der Waals surface area contributed by atoms with E-state index in [9.17, 15) is 0 Å². The van der Waals surface area contributed by atoms with Gasteiger partial charge in [-0.3, -0.25) is 0 Å². The van der Waals surface area contributed by atoms with Crippen molar-refractivity contribution in [2.24, 2.45) is 0 Å². The molecule has 1 aromatic rings. The van der Waals surface area contributed by atoms with Crippen LogP contribution in [0.2, 0.25) is 0 Å². The summed E-state index contributed by atoms with van der Waals surface area (Å²) in [6, 6.07) is 3.99. The standard InChI is InChI=1S/C14H22BrNO2/c1-4-6-7-16-10-11-8-14(18-5-2)13(17-3)9-12(11)15/h8-9,16H,4-7,10H2,1-3H3. The Bertz CT molecular complexity index is 369. The molecule has 0 aliphatic heterocycles. The Labute approximate surface area is 118 Å². The molecule has 0 fully saturated rings. The summed E-state index contributed by atoms with van der Waals surface area (Å²) in [4.78, 5) is 0. The first kappa shape index (κ1) is 15.3. The summed E-state index contributed by atoms with van der Waals surface area (Å²) < 4.78 is 11.9. The maximum atomic E-state index is 5.58. The fourth-order valence-electron chi connectivity index (χ4n) is 1.67. The lowest BCUT2D eigenvalue weighted by atomic mass is 10.2. The highest BCUT2D eigenvalue weighted by atomic mass is 79.9. The maximum absolute atomic E-state index is 5.58. The molecule has 0 aliphatic rings. The minimum absolute atomic E-state index is 0.640. The lowest BCUT2D eigenvalue weighted by molar-refractivity contribution is 0.310. The molecule has 3 nitrogen and oxygen atoms in total. The van der Waals surface area contributed by atoms with Crippen molar-refractivity contribution < 1.29 is 9.47 Å². The predicted octanol–water partition coefficient (Wildman–Crippen LogP) is 3.75. The molecular formula is C14H22BrNO2. The first-order chi connectivity index (χ1) is 8.72. The number of ether oxygens (including phenoxy) is 2. The van der Waals surface area contributed by atoms with E-state index in [0.717, 1.165) is 29.1 Å². The van der Waals surface area contributed by atoms with Crippen molar-refractivity contribution >= 4 is 15.9 Å². The number of methoxy groups -OCH3 is 1. The molecule has 102 valence electrons. The highest BCUT2D eigenvalue weighted by Crippen LogP contribution is 2.33. The van der Waals surface area contributed by atoms with Crippen LogP contribution in [0.3, 0.4) is 0 Å². The van der Waals surface area contributed by atoms with Crippen LogP contribution < -0.4 is 14.8 Å². The van der Waals surface area contributed by atoms with Gasteiger partial charge in [-0.1, -0.05) is 29.3 Å². The van der Waals surface area contributed by atoms with Gasteiger partial charge in [-0.2, -0.15) is 0 Å². The van der Waals surface area contributed by atoms with Gasteiger partial charge in [0.05, 0.1) is 13.7 Å². The highest BCUT2D eigenvalue weighted by Gasteiger charge is 2.09. The molecule has 1 N–H and O–H groups in total. The van der Waals surface area contributed by atoms with Crippen molar-refractivity contribution in [1.82, 2.24) is 5.32 Å². The van der Waals surface area contributed by atoms with E-state index >= 15 is 0 Å². The number of hydrogen-bond acceptors (Lipinski definition) is 3. The predicted molar refractivity (Wildman–Crippen MR) is 78.5 cm³/mol. The van der Waals surface area contributed by atoms with E-state index in [-0.39, 0.29) is 0 Å². The van der Waals surface area contributed by atoms with Gasteiger partial charge in [0.25, 0.3) is 0 Å². The van der Waals surface area contributed by atoms with E-state index in [4.69, 9.17) is 9.47 Å². The Kier molecular flexibility index (Phi) is 7.13. The van der Waals surface area contributed by atoms with Crippen LogP contribution in [0.1, 0.15) is 32.3 Å². The van der Waals surface area contributed by atoms with Crippen LogP contribution in [0.4, 0.5) is 0 Å². The van der Waals surface area contributed by atoms with Gasteiger partial charge in [-0.25, -0.2) is 0 Å². The molecule has 0 unspecified atom stereocenters. The van der Waals surface area contributed by atoms with Gasteiger partial charge < -0.3 is 14.8 Å². The molecule has 0 amide bonds. The minimum atomic E-state index is 0.640. The molecule has 0 saturated carbocycles. The monoisotopic (exact) mass is 315 g/mol. The second kappa shape index (κ2) is 8.38. The Morgan fingerprint density at radius 3 is 2.61 bits per heavy atom. The number of rotatable bonds is 8. The van der Waals surface area contributed by atoms with Crippen LogP contribution in [0.25, 0.3) is 0 Å². The van der Waals surface area contributed by atoms with E-state index in [0.29, 0.717) is 6.61 Å². The Hall–Kier alpha value is -0.740. The van der Waals surface area contributed by atoms with Gasteiger partial charge >= 0.3 is 0 Å². The van der Waals surface area contributed by atoms with Crippen molar-refractivity contribution in [3.8, 4) is 11.5 Å². The summed E-state index contributed by atoms with van der Waals surface area (Å²) in [5.74, 6) is 1.57.